The second-order valence-electron chi connectivity index (χ2n) is 14.0. The second kappa shape index (κ2) is 14.1. The van der Waals surface area contributed by atoms with Crippen LogP contribution in [0.5, 0.6) is 23.0 Å². The third-order valence-electron chi connectivity index (χ3n) is 10.7. The highest BCUT2D eigenvalue weighted by molar-refractivity contribution is 6.31. The van der Waals surface area contributed by atoms with Gasteiger partial charge in [-0.15, -0.1) is 0 Å². The molecule has 55 heavy (non-hydrogen) atoms. The average Bonchev–Trinajstić information content (AvgIpc) is 3.13. The lowest BCUT2D eigenvalue weighted by Gasteiger charge is -2.47. The van der Waals surface area contributed by atoms with Gasteiger partial charge in [-0.05, 0) is 49.7 Å². The number of aryl methyl sites for hydroxylation is 1. The van der Waals surface area contributed by atoms with Gasteiger partial charge >= 0.3 is 0 Å². The molecule has 2 aliphatic heterocycles. The fourth-order valence-corrected chi connectivity index (χ4v) is 7.99. The normalized spacial score (nSPS) is 31.3. The van der Waals surface area contributed by atoms with Crippen LogP contribution >= 0.6 is 0 Å². The molecule has 18 heteroatoms. The molecule has 0 bridgehead atoms. The molecule has 2 fully saturated rings. The molecular weight excluding hydrogens is 728 g/mol. The van der Waals surface area contributed by atoms with Crippen LogP contribution in [0.3, 0.4) is 0 Å². The van der Waals surface area contributed by atoms with Gasteiger partial charge in [0.2, 0.25) is 0 Å². The van der Waals surface area contributed by atoms with Gasteiger partial charge in [-0.25, -0.2) is 0 Å². The van der Waals surface area contributed by atoms with Crippen LogP contribution in [0, 0.1) is 6.92 Å². The largest absolute Gasteiger partial charge is 0.507 e. The highest BCUT2D eigenvalue weighted by Crippen LogP contribution is 2.57. The molecule has 1 amide bonds. The van der Waals surface area contributed by atoms with E-state index in [1.165, 1.54) is 26.2 Å². The van der Waals surface area contributed by atoms with Crippen molar-refractivity contribution in [2.45, 2.75) is 81.3 Å². The lowest BCUT2D eigenvalue weighted by atomic mass is 9.74. The Morgan fingerprint density at radius 2 is 1.49 bits per heavy atom. The SMILES string of the molecule is CN[C@@H]1[C@H](O[C@@H]2OC[C@@H](O)[C@H](O)[C@H]2O)[C@@H](O)[C@H](OC2c3cc(C)c(C(N)=O)c(O)c3-c3c(cc4c(c3O)C(=O)c3cc(OC)cc(O)c3C4=O)C2O)O[C@@H]1C. The fourth-order valence-electron chi connectivity index (χ4n) is 7.99. The molecule has 2 unspecified atom stereocenters. The first kappa shape index (κ1) is 38.5. The van der Waals surface area contributed by atoms with Crippen LogP contribution in [-0.4, -0.2) is 134 Å². The third-order valence-corrected chi connectivity index (χ3v) is 10.7. The Morgan fingerprint density at radius 3 is 2.15 bits per heavy atom. The van der Waals surface area contributed by atoms with Crippen LogP contribution < -0.4 is 15.8 Å². The maximum Gasteiger partial charge on any atom is 0.252 e. The minimum absolute atomic E-state index is 0.0376. The van der Waals surface area contributed by atoms with E-state index in [-0.39, 0.29) is 56.9 Å². The van der Waals surface area contributed by atoms with Crippen LogP contribution in [0.25, 0.3) is 11.1 Å². The van der Waals surface area contributed by atoms with Crippen LogP contribution in [0.1, 0.15) is 78.0 Å². The second-order valence-corrected chi connectivity index (χ2v) is 14.0. The number of nitrogens with two attached hydrogens (primary N) is 1. The molecule has 0 radical (unpaired) electrons. The highest BCUT2D eigenvalue weighted by atomic mass is 16.7. The number of aromatic hydroxyl groups is 3. The fraction of sp³-hybridized carbons (Fsp3) is 0.432. The van der Waals surface area contributed by atoms with Gasteiger partial charge in [0.25, 0.3) is 5.91 Å². The summed E-state index contributed by atoms with van der Waals surface area (Å²) in [6.07, 6.45) is -15.0. The molecule has 0 saturated carbocycles. The standard InChI is InChI=1S/C37H40N2O16/c1-10-5-16-22(29(46)19(10)35(38)50)21-14(8-15-23(30(21)47)26(43)13-6-12(51-4)7-17(40)20(13)25(15)42)27(44)33(16)54-37-32(49)34(24(39-3)11(2)53-37)55-36-31(48)28(45)18(41)9-52-36/h5-8,11,18,24,27-28,31-34,36-37,39-41,44-49H,9H2,1-4H3,(H2,38,50)/t11-,18-,24+,27?,28+,31-,32-,33?,34+,36+,37+/m1/s1. The predicted molar refractivity (Wildman–Crippen MR) is 185 cm³/mol. The summed E-state index contributed by atoms with van der Waals surface area (Å²) in [4.78, 5) is 40.4. The topological polar surface area (TPSA) is 297 Å². The lowest BCUT2D eigenvalue weighted by Crippen LogP contribution is -2.65. The zero-order chi connectivity index (χ0) is 39.9. The minimum Gasteiger partial charge on any atom is -0.507 e. The summed E-state index contributed by atoms with van der Waals surface area (Å²) in [6, 6.07) is 4.05. The number of likely N-dealkylation sites (N-methyl/N-ethyl adjacent to an activating group) is 1. The Hall–Kier alpha value is -4.73. The van der Waals surface area contributed by atoms with E-state index >= 15 is 0 Å². The van der Waals surface area contributed by atoms with Gasteiger partial charge in [0.15, 0.2) is 24.1 Å². The summed E-state index contributed by atoms with van der Waals surface area (Å²) < 4.78 is 28.8. The number of nitrogens with one attached hydrogen (secondary N) is 1. The first-order valence-corrected chi connectivity index (χ1v) is 17.2. The van der Waals surface area contributed by atoms with Gasteiger partial charge in [-0.3, -0.25) is 14.4 Å². The first-order chi connectivity index (χ1) is 26.0. The number of ether oxygens (including phenoxy) is 5. The predicted octanol–water partition coefficient (Wildman–Crippen LogP) is -0.716. The average molecular weight is 769 g/mol. The van der Waals surface area contributed by atoms with E-state index in [1.807, 2.05) is 0 Å². The van der Waals surface area contributed by atoms with Crippen molar-refractivity contribution in [2.75, 3.05) is 20.8 Å². The number of methoxy groups -OCH3 is 1. The number of amides is 1. The molecule has 0 aromatic heterocycles. The minimum atomic E-state index is -1.82. The highest BCUT2D eigenvalue weighted by Gasteiger charge is 2.51. The van der Waals surface area contributed by atoms with Crippen molar-refractivity contribution in [3.05, 3.63) is 68.8 Å². The number of aliphatic hydroxyl groups is 5. The van der Waals surface area contributed by atoms with Gasteiger partial charge in [0.1, 0.15) is 65.7 Å². The summed E-state index contributed by atoms with van der Waals surface area (Å²) in [5.74, 6) is -4.92. The Morgan fingerprint density at radius 1 is 0.836 bits per heavy atom. The van der Waals surface area contributed by atoms with Crippen molar-refractivity contribution in [2.24, 2.45) is 5.73 Å². The summed E-state index contributed by atoms with van der Waals surface area (Å²) in [5.41, 5.74) is 2.96. The van der Waals surface area contributed by atoms with Gasteiger partial charge in [-0.1, -0.05) is 6.07 Å². The lowest BCUT2D eigenvalue weighted by molar-refractivity contribution is -0.339. The third kappa shape index (κ3) is 5.93. The quantitative estimate of drug-likeness (QED) is 0.111. The van der Waals surface area contributed by atoms with E-state index in [9.17, 15) is 55.2 Å². The summed E-state index contributed by atoms with van der Waals surface area (Å²) in [7, 11) is 2.84. The van der Waals surface area contributed by atoms with Crippen LogP contribution in [0.2, 0.25) is 0 Å². The number of rotatable bonds is 7. The summed E-state index contributed by atoms with van der Waals surface area (Å²) in [5, 5.41) is 91.7. The van der Waals surface area contributed by atoms with Gasteiger partial charge in [0.05, 0.1) is 42.6 Å². The number of phenols is 3. The molecule has 2 saturated heterocycles. The van der Waals surface area contributed by atoms with E-state index in [0.717, 1.165) is 12.1 Å². The molecule has 3 aromatic rings. The number of primary amides is 1. The number of fused-ring (bicyclic) bond motifs is 5. The number of carbonyl (C=O) groups excluding carboxylic acids is 3. The van der Waals surface area contributed by atoms with Crippen LogP contribution in [0.15, 0.2) is 24.3 Å². The number of hydrogen-bond donors (Lipinski definition) is 10. The Labute approximate surface area is 312 Å². The summed E-state index contributed by atoms with van der Waals surface area (Å²) >= 11 is 0. The van der Waals surface area contributed by atoms with Crippen LogP contribution in [-0.2, 0) is 18.9 Å². The van der Waals surface area contributed by atoms with Gasteiger partial charge in [-0.2, -0.15) is 0 Å². The molecule has 2 heterocycles. The molecule has 11 N–H and O–H groups in total. The Balaban J connectivity index is 1.34. The number of aliphatic hydroxyl groups excluding tert-OH is 5. The molecule has 11 atom stereocenters. The number of phenolic OH excluding ortho intramolecular Hbond substituents is 2. The smallest absolute Gasteiger partial charge is 0.252 e. The Bertz CT molecular complexity index is 2110. The number of benzene rings is 3. The van der Waals surface area contributed by atoms with Gasteiger partial charge in [0, 0.05) is 28.3 Å². The van der Waals surface area contributed by atoms with Crippen LogP contribution in [0.4, 0.5) is 0 Å². The van der Waals surface area contributed by atoms with Crippen molar-refractivity contribution in [3.8, 4) is 34.1 Å². The molecule has 4 aliphatic rings. The van der Waals surface area contributed by atoms with Crippen molar-refractivity contribution in [1.82, 2.24) is 5.32 Å². The first-order valence-electron chi connectivity index (χ1n) is 17.2. The number of carbonyl (C=O) groups is 3. The zero-order valence-electron chi connectivity index (χ0n) is 29.8. The summed E-state index contributed by atoms with van der Waals surface area (Å²) in [6.45, 7) is 2.68. The van der Waals surface area contributed by atoms with Crippen molar-refractivity contribution >= 4 is 17.5 Å². The van der Waals surface area contributed by atoms with Gasteiger partial charge < -0.3 is 75.6 Å². The maximum absolute atomic E-state index is 13.9. The van der Waals surface area contributed by atoms with E-state index in [1.54, 1.807) is 14.0 Å². The van der Waals surface area contributed by atoms with Crippen molar-refractivity contribution < 1.29 is 78.9 Å². The van der Waals surface area contributed by atoms with E-state index in [4.69, 9.17) is 29.4 Å². The van der Waals surface area contributed by atoms with E-state index in [2.05, 4.69) is 5.32 Å². The Kier molecular flexibility index (Phi) is 9.87. The molecule has 18 nitrogen and oxygen atoms in total. The molecule has 294 valence electrons. The molecule has 0 spiro atoms. The van der Waals surface area contributed by atoms with E-state index in [0.29, 0.717) is 0 Å². The molecule has 3 aromatic carbocycles. The van der Waals surface area contributed by atoms with Crippen molar-refractivity contribution in [3.63, 3.8) is 0 Å². The number of ketones is 2. The molecule has 7 rings (SSSR count). The zero-order valence-corrected chi connectivity index (χ0v) is 29.8. The van der Waals surface area contributed by atoms with Crippen molar-refractivity contribution in [1.29, 1.82) is 0 Å². The van der Waals surface area contributed by atoms with E-state index < -0.39 is 113 Å². The maximum atomic E-state index is 13.9. The molecule has 2 aliphatic carbocycles. The number of hydrogen-bond acceptors (Lipinski definition) is 17. The molecular formula is C37H40N2O16. The monoisotopic (exact) mass is 768 g/mol.